The van der Waals surface area contributed by atoms with Crippen LogP contribution in [0.4, 0.5) is 4.79 Å². The van der Waals surface area contributed by atoms with E-state index in [0.717, 1.165) is 27.8 Å². The van der Waals surface area contributed by atoms with E-state index >= 15 is 0 Å². The van der Waals surface area contributed by atoms with Crippen LogP contribution in [0.1, 0.15) is 41.7 Å². The molecule has 0 bridgehead atoms. The first-order valence-corrected chi connectivity index (χ1v) is 22.3. The van der Waals surface area contributed by atoms with Crippen molar-refractivity contribution in [3.63, 3.8) is 0 Å². The Bertz CT molecular complexity index is 2240. The van der Waals surface area contributed by atoms with E-state index in [9.17, 15) is 19.5 Å². The third-order valence-electron chi connectivity index (χ3n) is 11.1. The highest BCUT2D eigenvalue weighted by atomic mass is 16.7. The van der Waals surface area contributed by atoms with Gasteiger partial charge in [-0.25, -0.2) is 4.79 Å². The van der Waals surface area contributed by atoms with Crippen molar-refractivity contribution in [1.82, 2.24) is 10.6 Å². The monoisotopic (exact) mass is 918 g/mol. The summed E-state index contributed by atoms with van der Waals surface area (Å²) in [6.07, 6.45) is -10.5. The van der Waals surface area contributed by atoms with Gasteiger partial charge in [0.15, 0.2) is 18.7 Å². The quantitative estimate of drug-likeness (QED) is 0.0715. The molecule has 2 heterocycles. The third-order valence-corrected chi connectivity index (χ3v) is 11.1. The van der Waals surface area contributed by atoms with Crippen molar-refractivity contribution in [2.45, 2.75) is 108 Å². The lowest BCUT2D eigenvalue weighted by Crippen LogP contribution is -2.70. The van der Waals surface area contributed by atoms with Gasteiger partial charge in [0.25, 0.3) is 0 Å². The molecule has 7 rings (SSSR count). The topological polar surface area (TPSA) is 179 Å². The van der Waals surface area contributed by atoms with E-state index in [1.165, 1.54) is 13.8 Å². The van der Waals surface area contributed by atoms with Crippen molar-refractivity contribution in [3.05, 3.63) is 179 Å². The molecule has 5 aromatic rings. The van der Waals surface area contributed by atoms with Gasteiger partial charge in [0.2, 0.25) is 5.91 Å². The van der Waals surface area contributed by atoms with E-state index < -0.39 is 79.3 Å². The number of aliphatic hydroxyl groups excluding tert-OH is 1. The number of rotatable bonds is 21. The van der Waals surface area contributed by atoms with Crippen LogP contribution in [0.15, 0.2) is 152 Å². The minimum atomic E-state index is -1.56. The van der Waals surface area contributed by atoms with Crippen LogP contribution < -0.4 is 10.6 Å². The molecule has 0 aliphatic carbocycles. The molecular formula is C52H58N2O13. The number of carbonyl (C=O) groups excluding carboxylic acids is 3. The summed E-state index contributed by atoms with van der Waals surface area (Å²) in [4.78, 5) is 39.7. The first kappa shape index (κ1) is 48.9. The van der Waals surface area contributed by atoms with Crippen LogP contribution in [0.25, 0.3) is 0 Å². The maximum absolute atomic E-state index is 14.0. The molecule has 354 valence electrons. The average molecular weight is 919 g/mol. The predicted octanol–water partition coefficient (Wildman–Crippen LogP) is 6.15. The summed E-state index contributed by atoms with van der Waals surface area (Å²) in [5.41, 5.74) is 4.14. The van der Waals surface area contributed by atoms with Gasteiger partial charge in [-0.05, 0) is 27.8 Å². The zero-order valence-electron chi connectivity index (χ0n) is 37.5. The number of hydrogen-bond acceptors (Lipinski definition) is 13. The maximum Gasteiger partial charge on any atom is 0.407 e. The van der Waals surface area contributed by atoms with Crippen LogP contribution in [-0.4, -0.2) is 97.6 Å². The Morgan fingerprint density at radius 1 is 0.507 bits per heavy atom. The summed E-state index contributed by atoms with van der Waals surface area (Å²) in [5.74, 6) is -1.08. The molecule has 0 spiro atoms. The molecule has 2 saturated heterocycles. The molecule has 15 nitrogen and oxygen atoms in total. The highest BCUT2D eigenvalue weighted by molar-refractivity contribution is 5.73. The number of esters is 1. The van der Waals surface area contributed by atoms with Crippen molar-refractivity contribution in [3.8, 4) is 0 Å². The molecule has 0 aromatic heterocycles. The number of amides is 2. The van der Waals surface area contributed by atoms with Crippen molar-refractivity contribution in [2.75, 3.05) is 13.2 Å². The number of nitrogens with one attached hydrogen (secondary N) is 2. The molecule has 2 aliphatic rings. The van der Waals surface area contributed by atoms with Gasteiger partial charge in [0.1, 0.15) is 49.2 Å². The first-order chi connectivity index (χ1) is 32.7. The number of benzene rings is 5. The standard InChI is InChI=1S/C52H58N2O13/c1-35(55)53-44-48(61-30-39-22-12-5-13-23-39)47(42(65-50(44)57)33-59-28-37-18-8-3-9-19-37)67-51-45(54-52(58)63-32-41-26-16-7-17-27-41)49(62-31-40-24-14-6-15-25-40)46(64-36(2)56)43(66-51)34-60-29-38-20-10-4-11-21-38/h3-27,42-51,57H,28-34H2,1-2H3,(H,53,55)(H,54,58)/t42-,43-,44-,45-,46-,47-,48-,49-,50-,51+/m1/s1. The van der Waals surface area contributed by atoms with Crippen molar-refractivity contribution < 1.29 is 62.1 Å². The van der Waals surface area contributed by atoms with Gasteiger partial charge in [-0.2, -0.15) is 0 Å². The van der Waals surface area contributed by atoms with E-state index in [-0.39, 0.29) is 46.2 Å². The number of hydrogen-bond donors (Lipinski definition) is 3. The molecule has 67 heavy (non-hydrogen) atoms. The largest absolute Gasteiger partial charge is 0.457 e. The van der Waals surface area contributed by atoms with E-state index in [2.05, 4.69) is 10.6 Å². The van der Waals surface area contributed by atoms with Gasteiger partial charge in [-0.3, -0.25) is 9.59 Å². The summed E-state index contributed by atoms with van der Waals surface area (Å²) in [6, 6.07) is 44.6. The van der Waals surface area contributed by atoms with Gasteiger partial charge >= 0.3 is 12.1 Å². The van der Waals surface area contributed by atoms with E-state index in [1.807, 2.05) is 152 Å². The molecule has 15 heteroatoms. The van der Waals surface area contributed by atoms with Gasteiger partial charge in [0, 0.05) is 13.8 Å². The van der Waals surface area contributed by atoms with E-state index in [1.54, 1.807) is 0 Å². The Hall–Kier alpha value is -6.01. The van der Waals surface area contributed by atoms with Crippen LogP contribution in [0.2, 0.25) is 0 Å². The average Bonchev–Trinajstić information content (AvgIpc) is 3.34. The second kappa shape index (κ2) is 25.2. The molecule has 2 amide bonds. The number of alkyl carbamates (subject to hydrolysis) is 1. The fraction of sp³-hybridized carbons (Fsp3) is 0.365. The third kappa shape index (κ3) is 14.7. The lowest BCUT2D eigenvalue weighted by Gasteiger charge is -2.49. The zero-order valence-corrected chi connectivity index (χ0v) is 37.5. The van der Waals surface area contributed by atoms with Crippen molar-refractivity contribution >= 4 is 18.0 Å². The highest BCUT2D eigenvalue weighted by Gasteiger charge is 2.54. The van der Waals surface area contributed by atoms with Gasteiger partial charge < -0.3 is 58.4 Å². The molecule has 0 radical (unpaired) electrons. The summed E-state index contributed by atoms with van der Waals surface area (Å²) in [5, 5.41) is 17.3. The first-order valence-electron chi connectivity index (χ1n) is 22.3. The lowest BCUT2D eigenvalue weighted by molar-refractivity contribution is -0.337. The normalized spacial score (nSPS) is 24.8. The summed E-state index contributed by atoms with van der Waals surface area (Å²) >= 11 is 0. The van der Waals surface area contributed by atoms with Crippen LogP contribution >= 0.6 is 0 Å². The fourth-order valence-electron chi connectivity index (χ4n) is 7.97. The summed E-state index contributed by atoms with van der Waals surface area (Å²) < 4.78 is 57.6. The molecule has 3 N–H and O–H groups in total. The Balaban J connectivity index is 1.27. The molecule has 0 unspecified atom stereocenters. The number of ether oxygens (including phenoxy) is 9. The minimum absolute atomic E-state index is 0.0347. The smallest absolute Gasteiger partial charge is 0.407 e. The number of aliphatic hydroxyl groups is 1. The van der Waals surface area contributed by atoms with Crippen LogP contribution in [0.3, 0.4) is 0 Å². The highest BCUT2D eigenvalue weighted by Crippen LogP contribution is 2.34. The molecule has 2 fully saturated rings. The van der Waals surface area contributed by atoms with E-state index in [0.29, 0.717) is 0 Å². The molecule has 10 atom stereocenters. The molecule has 5 aromatic carbocycles. The lowest BCUT2D eigenvalue weighted by atomic mass is 9.94. The second-order valence-electron chi connectivity index (χ2n) is 16.3. The molecular weight excluding hydrogens is 861 g/mol. The minimum Gasteiger partial charge on any atom is -0.457 e. The van der Waals surface area contributed by atoms with Crippen molar-refractivity contribution in [1.29, 1.82) is 0 Å². The number of carbonyl (C=O) groups is 3. The van der Waals surface area contributed by atoms with Crippen LogP contribution in [0.5, 0.6) is 0 Å². The SMILES string of the molecule is CC(=O)N[C@@H]1[C@@H](OCc2ccccc2)[C@H](O[C@@H]2O[C@H](COCc3ccccc3)[C@@H](OC(C)=O)[C@H](OCc3ccccc3)[C@H]2NC(=O)OCc2ccccc2)[C@@H](COCc2ccccc2)O[C@H]1O. The van der Waals surface area contributed by atoms with Gasteiger partial charge in [0.05, 0.1) is 39.6 Å². The van der Waals surface area contributed by atoms with Gasteiger partial charge in [-0.15, -0.1) is 0 Å². The maximum atomic E-state index is 14.0. The Labute approximate surface area is 390 Å². The molecule has 2 aliphatic heterocycles. The van der Waals surface area contributed by atoms with E-state index in [4.69, 9.17) is 42.6 Å². The Morgan fingerprint density at radius 2 is 0.925 bits per heavy atom. The predicted molar refractivity (Wildman–Crippen MR) is 243 cm³/mol. The van der Waals surface area contributed by atoms with Gasteiger partial charge in [-0.1, -0.05) is 152 Å². The summed E-state index contributed by atoms with van der Waals surface area (Å²) in [7, 11) is 0. The Kier molecular flexibility index (Phi) is 18.4. The molecule has 0 saturated carbocycles. The summed E-state index contributed by atoms with van der Waals surface area (Å²) in [6.45, 7) is 2.81. The van der Waals surface area contributed by atoms with Crippen molar-refractivity contribution in [2.24, 2.45) is 0 Å². The second-order valence-corrected chi connectivity index (χ2v) is 16.3. The Morgan fingerprint density at radius 3 is 1.37 bits per heavy atom. The fourth-order valence-corrected chi connectivity index (χ4v) is 7.97. The zero-order chi connectivity index (χ0) is 46.8. The van der Waals surface area contributed by atoms with Crippen LogP contribution in [-0.2, 0) is 85.3 Å². The van der Waals surface area contributed by atoms with Crippen LogP contribution in [0, 0.1) is 0 Å².